The number of halogens is 1. The summed E-state index contributed by atoms with van der Waals surface area (Å²) in [5.74, 6) is 0.904. The summed E-state index contributed by atoms with van der Waals surface area (Å²) in [4.78, 5) is 12.4. The molecule has 0 bridgehead atoms. The van der Waals surface area contributed by atoms with Gasteiger partial charge in [-0.05, 0) is 36.6 Å². The molecule has 3 rings (SSSR count). The summed E-state index contributed by atoms with van der Waals surface area (Å²) in [6.07, 6.45) is 1.99. The Hall–Kier alpha value is -1.66. The molecule has 0 saturated carbocycles. The van der Waals surface area contributed by atoms with Crippen LogP contribution in [-0.4, -0.2) is 22.2 Å². The Morgan fingerprint density at radius 2 is 2.22 bits per heavy atom. The summed E-state index contributed by atoms with van der Waals surface area (Å²) in [6.45, 7) is 4.26. The van der Waals surface area contributed by atoms with Crippen molar-refractivity contribution in [1.82, 2.24) is 10.2 Å². The van der Waals surface area contributed by atoms with Crippen LogP contribution in [0.4, 0.5) is 5.13 Å². The average Bonchev–Trinajstić information content (AvgIpc) is 3.15. The number of nitrogens with one attached hydrogen (secondary N) is 1. The molecule has 5 nitrogen and oxygen atoms in total. The number of rotatable bonds is 5. The normalized spacial score (nSPS) is 16.3. The fraction of sp³-hybridized carbons (Fsp3) is 0.438. The highest BCUT2D eigenvalue weighted by Crippen LogP contribution is 2.32. The van der Waals surface area contributed by atoms with Crippen LogP contribution in [0.1, 0.15) is 43.2 Å². The van der Waals surface area contributed by atoms with Crippen LogP contribution in [0.15, 0.2) is 18.2 Å². The van der Waals surface area contributed by atoms with Crippen LogP contribution in [0.2, 0.25) is 5.02 Å². The van der Waals surface area contributed by atoms with Crippen molar-refractivity contribution in [2.24, 2.45) is 0 Å². The SMILES string of the molecule is CCC(CC)c1nnc(NC(=O)C2Cc3cc(Cl)ccc3O2)s1. The highest BCUT2D eigenvalue weighted by molar-refractivity contribution is 7.15. The van der Waals surface area contributed by atoms with Crippen LogP contribution in [0, 0.1) is 0 Å². The van der Waals surface area contributed by atoms with Gasteiger partial charge >= 0.3 is 0 Å². The third-order valence-electron chi connectivity index (χ3n) is 4.00. The van der Waals surface area contributed by atoms with Gasteiger partial charge in [-0.15, -0.1) is 10.2 Å². The first-order valence-corrected chi connectivity index (χ1v) is 8.89. The van der Waals surface area contributed by atoms with E-state index in [1.54, 1.807) is 12.1 Å². The number of hydrogen-bond acceptors (Lipinski definition) is 5. The molecule has 0 fully saturated rings. The van der Waals surface area contributed by atoms with Gasteiger partial charge in [0, 0.05) is 17.4 Å². The first-order chi connectivity index (χ1) is 11.1. The quantitative estimate of drug-likeness (QED) is 0.883. The third-order valence-corrected chi connectivity index (χ3v) is 5.23. The van der Waals surface area contributed by atoms with E-state index >= 15 is 0 Å². The van der Waals surface area contributed by atoms with Gasteiger partial charge in [0.1, 0.15) is 10.8 Å². The van der Waals surface area contributed by atoms with Crippen LogP contribution < -0.4 is 10.1 Å². The molecule has 0 saturated heterocycles. The molecule has 0 spiro atoms. The summed E-state index contributed by atoms with van der Waals surface area (Å²) in [5.41, 5.74) is 0.952. The van der Waals surface area contributed by atoms with Crippen molar-refractivity contribution in [3.8, 4) is 5.75 Å². The van der Waals surface area contributed by atoms with Gasteiger partial charge in [-0.25, -0.2) is 0 Å². The fourth-order valence-electron chi connectivity index (χ4n) is 2.64. The number of carbonyl (C=O) groups is 1. The average molecular weight is 352 g/mol. The largest absolute Gasteiger partial charge is 0.480 e. The number of ether oxygens (including phenoxy) is 1. The number of anilines is 1. The van der Waals surface area contributed by atoms with Crippen molar-refractivity contribution in [1.29, 1.82) is 0 Å². The van der Waals surface area contributed by atoms with Gasteiger partial charge in [0.2, 0.25) is 5.13 Å². The zero-order valence-corrected chi connectivity index (χ0v) is 14.6. The maximum absolute atomic E-state index is 12.4. The zero-order valence-electron chi connectivity index (χ0n) is 13.0. The topological polar surface area (TPSA) is 64.1 Å². The standard InChI is InChI=1S/C16H18ClN3O2S/c1-3-9(4-2)15-19-20-16(23-15)18-14(21)13-8-10-7-11(17)5-6-12(10)22-13/h5-7,9,13H,3-4,8H2,1-2H3,(H,18,20,21). The van der Waals surface area contributed by atoms with Gasteiger partial charge < -0.3 is 4.74 Å². The Bertz CT molecular complexity index is 715. The van der Waals surface area contributed by atoms with E-state index in [2.05, 4.69) is 29.4 Å². The molecular weight excluding hydrogens is 334 g/mol. The maximum atomic E-state index is 12.4. The summed E-state index contributed by atoms with van der Waals surface area (Å²) >= 11 is 7.40. The summed E-state index contributed by atoms with van der Waals surface area (Å²) < 4.78 is 5.68. The van der Waals surface area contributed by atoms with E-state index in [9.17, 15) is 4.79 Å². The molecule has 1 aromatic heterocycles. The smallest absolute Gasteiger partial charge is 0.267 e. The molecule has 1 aromatic carbocycles. The van der Waals surface area contributed by atoms with E-state index in [1.807, 2.05) is 6.07 Å². The lowest BCUT2D eigenvalue weighted by atomic mass is 10.1. The van der Waals surface area contributed by atoms with Crippen molar-refractivity contribution in [3.05, 3.63) is 33.8 Å². The molecule has 0 radical (unpaired) electrons. The van der Waals surface area contributed by atoms with Gasteiger partial charge in [0.15, 0.2) is 6.10 Å². The van der Waals surface area contributed by atoms with Crippen molar-refractivity contribution in [3.63, 3.8) is 0 Å². The lowest BCUT2D eigenvalue weighted by Gasteiger charge is -2.09. The van der Waals surface area contributed by atoms with Crippen LogP contribution in [0.3, 0.4) is 0 Å². The van der Waals surface area contributed by atoms with Crippen LogP contribution in [0.5, 0.6) is 5.75 Å². The van der Waals surface area contributed by atoms with E-state index in [0.29, 0.717) is 28.2 Å². The van der Waals surface area contributed by atoms with Crippen molar-refractivity contribution >= 4 is 34.0 Å². The molecule has 1 aliphatic rings. The van der Waals surface area contributed by atoms with Gasteiger partial charge in [0.25, 0.3) is 5.91 Å². The number of hydrogen-bond donors (Lipinski definition) is 1. The maximum Gasteiger partial charge on any atom is 0.267 e. The Morgan fingerprint density at radius 1 is 1.43 bits per heavy atom. The Kier molecular flexibility index (Phi) is 4.82. The van der Waals surface area contributed by atoms with E-state index in [1.165, 1.54) is 11.3 Å². The molecule has 0 aliphatic carbocycles. The number of nitrogens with zero attached hydrogens (tertiary/aromatic N) is 2. The highest BCUT2D eigenvalue weighted by Gasteiger charge is 2.30. The molecule has 1 amide bonds. The molecule has 122 valence electrons. The second kappa shape index (κ2) is 6.84. The lowest BCUT2D eigenvalue weighted by Crippen LogP contribution is -2.31. The molecule has 1 atom stereocenters. The molecule has 7 heteroatoms. The first kappa shape index (κ1) is 16.2. The highest BCUT2D eigenvalue weighted by atomic mass is 35.5. The third kappa shape index (κ3) is 3.48. The predicted octanol–water partition coefficient (Wildman–Crippen LogP) is 4.04. The van der Waals surface area contributed by atoms with E-state index in [4.69, 9.17) is 16.3 Å². The number of fused-ring (bicyclic) bond motifs is 1. The minimum atomic E-state index is -0.552. The molecule has 1 aliphatic heterocycles. The number of carbonyl (C=O) groups excluding carboxylic acids is 1. The van der Waals surface area contributed by atoms with Gasteiger partial charge in [-0.2, -0.15) is 0 Å². The Balaban J connectivity index is 1.65. The predicted molar refractivity (Wildman–Crippen MR) is 91.4 cm³/mol. The zero-order chi connectivity index (χ0) is 16.4. The second-order valence-electron chi connectivity index (χ2n) is 5.51. The minimum absolute atomic E-state index is 0.204. The number of aromatic nitrogens is 2. The van der Waals surface area contributed by atoms with E-state index in [-0.39, 0.29) is 5.91 Å². The molecular formula is C16H18ClN3O2S. The van der Waals surface area contributed by atoms with Crippen molar-refractivity contribution in [2.75, 3.05) is 5.32 Å². The number of benzene rings is 1. The summed E-state index contributed by atoms with van der Waals surface area (Å²) in [6, 6.07) is 5.38. The summed E-state index contributed by atoms with van der Waals surface area (Å²) in [5, 5.41) is 13.2. The minimum Gasteiger partial charge on any atom is -0.480 e. The van der Waals surface area contributed by atoms with Crippen molar-refractivity contribution in [2.45, 2.75) is 45.1 Å². The Morgan fingerprint density at radius 3 is 2.96 bits per heavy atom. The van der Waals surface area contributed by atoms with E-state index in [0.717, 1.165) is 23.4 Å². The molecule has 2 aromatic rings. The molecule has 1 unspecified atom stereocenters. The van der Waals surface area contributed by atoms with Crippen LogP contribution >= 0.6 is 22.9 Å². The molecule has 1 N–H and O–H groups in total. The lowest BCUT2D eigenvalue weighted by molar-refractivity contribution is -0.122. The first-order valence-electron chi connectivity index (χ1n) is 7.70. The van der Waals surface area contributed by atoms with Gasteiger partial charge in [0.05, 0.1) is 0 Å². The van der Waals surface area contributed by atoms with Crippen molar-refractivity contribution < 1.29 is 9.53 Å². The van der Waals surface area contributed by atoms with Gasteiger partial charge in [-0.3, -0.25) is 10.1 Å². The summed E-state index contributed by atoms with van der Waals surface area (Å²) in [7, 11) is 0. The number of amides is 1. The monoisotopic (exact) mass is 351 g/mol. The second-order valence-corrected chi connectivity index (χ2v) is 6.96. The Labute approximate surface area is 144 Å². The van der Waals surface area contributed by atoms with Crippen LogP contribution in [0.25, 0.3) is 0 Å². The van der Waals surface area contributed by atoms with Crippen LogP contribution in [-0.2, 0) is 11.2 Å². The van der Waals surface area contributed by atoms with Gasteiger partial charge in [-0.1, -0.05) is 36.8 Å². The van der Waals surface area contributed by atoms with E-state index < -0.39 is 6.10 Å². The molecule has 2 heterocycles. The fourth-order valence-corrected chi connectivity index (χ4v) is 3.84. The molecule has 23 heavy (non-hydrogen) atoms.